The molecule has 1 saturated heterocycles. The molecule has 7 heteroatoms. The van der Waals surface area contributed by atoms with E-state index in [0.717, 1.165) is 39.9 Å². The summed E-state index contributed by atoms with van der Waals surface area (Å²) in [4.78, 5) is 19.1. The number of hydrogen-bond donors (Lipinski definition) is 2. The third-order valence-corrected chi connectivity index (χ3v) is 5.71. The molecule has 3 N–H and O–H groups in total. The molecule has 0 saturated carbocycles. The zero-order valence-electron chi connectivity index (χ0n) is 13.2. The van der Waals surface area contributed by atoms with Crippen LogP contribution in [0.2, 0.25) is 0 Å². The second-order valence-corrected chi connectivity index (χ2v) is 7.75. The van der Waals surface area contributed by atoms with Crippen LogP contribution in [-0.4, -0.2) is 42.0 Å². The Morgan fingerprint density at radius 1 is 1.48 bits per heavy atom. The molecule has 0 radical (unpaired) electrons. The van der Waals surface area contributed by atoms with Crippen LogP contribution < -0.4 is 16.0 Å². The Balaban J connectivity index is 1.70. The molecule has 2 heterocycles. The Kier molecular flexibility index (Phi) is 5.40. The number of thiazole rings is 1. The van der Waals surface area contributed by atoms with Gasteiger partial charge in [0.2, 0.25) is 5.91 Å². The summed E-state index contributed by atoms with van der Waals surface area (Å²) >= 11 is 3.39. The van der Waals surface area contributed by atoms with Crippen molar-refractivity contribution in [2.45, 2.75) is 25.3 Å². The molecule has 1 aromatic carbocycles. The number of nitrogens with zero attached hydrogens (tertiary/aromatic N) is 2. The normalized spacial score (nSPS) is 16.0. The molecule has 1 amide bonds. The van der Waals surface area contributed by atoms with Gasteiger partial charge in [-0.15, -0.1) is 0 Å². The van der Waals surface area contributed by atoms with Gasteiger partial charge in [-0.1, -0.05) is 11.3 Å². The molecule has 1 aliphatic heterocycles. The third kappa shape index (κ3) is 3.97. The van der Waals surface area contributed by atoms with Crippen molar-refractivity contribution in [2.24, 2.45) is 5.73 Å². The fraction of sp³-hybridized carbons (Fsp3) is 0.500. The van der Waals surface area contributed by atoms with Crippen LogP contribution in [0, 0.1) is 0 Å². The largest absolute Gasteiger partial charge is 0.348 e. The lowest BCUT2D eigenvalue weighted by molar-refractivity contribution is -0.117. The summed E-state index contributed by atoms with van der Waals surface area (Å²) in [6, 6.07) is 5.40. The number of carbonyl (C=O) groups is 1. The van der Waals surface area contributed by atoms with Crippen molar-refractivity contribution in [1.29, 1.82) is 0 Å². The minimum Gasteiger partial charge on any atom is -0.348 e. The second-order valence-electron chi connectivity index (χ2n) is 5.75. The zero-order chi connectivity index (χ0) is 16.2. The number of anilines is 2. The molecule has 0 spiro atoms. The smallest absolute Gasteiger partial charge is 0.241 e. The van der Waals surface area contributed by atoms with Gasteiger partial charge in [0.1, 0.15) is 0 Å². The Morgan fingerprint density at radius 3 is 3.00 bits per heavy atom. The SMILES string of the molecule is CSCCC(N)C(=O)Nc1ccc2nc(N3CCCC3)sc2c1. The predicted molar refractivity (Wildman–Crippen MR) is 101 cm³/mol. The first-order valence-corrected chi connectivity index (χ1v) is 10.1. The van der Waals surface area contributed by atoms with E-state index in [1.54, 1.807) is 23.1 Å². The standard InChI is InChI=1S/C16H22N4OS2/c1-22-9-6-12(17)15(21)18-11-4-5-13-14(10-11)23-16(19-13)20-7-2-3-8-20/h4-5,10,12H,2-3,6-9,17H2,1H3,(H,18,21). The van der Waals surface area contributed by atoms with Gasteiger partial charge in [0.05, 0.1) is 16.3 Å². The lowest BCUT2D eigenvalue weighted by atomic mass is 10.2. The summed E-state index contributed by atoms with van der Waals surface area (Å²) in [5.41, 5.74) is 7.69. The van der Waals surface area contributed by atoms with E-state index >= 15 is 0 Å². The summed E-state index contributed by atoms with van der Waals surface area (Å²) < 4.78 is 1.10. The molecule has 1 atom stereocenters. The number of amides is 1. The van der Waals surface area contributed by atoms with E-state index in [9.17, 15) is 4.79 Å². The molecule has 1 aliphatic rings. The highest BCUT2D eigenvalue weighted by Gasteiger charge is 2.17. The van der Waals surface area contributed by atoms with Gasteiger partial charge < -0.3 is 16.0 Å². The maximum atomic E-state index is 12.1. The van der Waals surface area contributed by atoms with E-state index in [2.05, 4.69) is 10.2 Å². The molecule has 0 bridgehead atoms. The van der Waals surface area contributed by atoms with Crippen molar-refractivity contribution in [3.63, 3.8) is 0 Å². The molecule has 1 fully saturated rings. The molecule has 2 aromatic rings. The molecule has 0 aliphatic carbocycles. The van der Waals surface area contributed by atoms with Crippen LogP contribution >= 0.6 is 23.1 Å². The fourth-order valence-corrected chi connectivity index (χ4v) is 4.19. The summed E-state index contributed by atoms with van der Waals surface area (Å²) in [5.74, 6) is 0.768. The van der Waals surface area contributed by atoms with Gasteiger partial charge >= 0.3 is 0 Å². The van der Waals surface area contributed by atoms with Gasteiger partial charge in [-0.2, -0.15) is 11.8 Å². The number of carbonyl (C=O) groups excluding carboxylic acids is 1. The molecule has 124 valence electrons. The van der Waals surface area contributed by atoms with E-state index in [0.29, 0.717) is 6.42 Å². The maximum absolute atomic E-state index is 12.1. The van der Waals surface area contributed by atoms with Crippen molar-refractivity contribution in [2.75, 3.05) is 35.3 Å². The molecular formula is C16H22N4OS2. The maximum Gasteiger partial charge on any atom is 0.241 e. The number of thioether (sulfide) groups is 1. The van der Waals surface area contributed by atoms with Crippen LogP contribution in [-0.2, 0) is 4.79 Å². The minimum atomic E-state index is -0.459. The van der Waals surface area contributed by atoms with Gasteiger partial charge in [-0.05, 0) is 49.5 Å². The Hall–Kier alpha value is -1.31. The van der Waals surface area contributed by atoms with E-state index in [-0.39, 0.29) is 5.91 Å². The van der Waals surface area contributed by atoms with Crippen molar-refractivity contribution in [1.82, 2.24) is 4.98 Å². The van der Waals surface area contributed by atoms with Crippen LogP contribution in [0.4, 0.5) is 10.8 Å². The van der Waals surface area contributed by atoms with Gasteiger partial charge in [-0.3, -0.25) is 4.79 Å². The van der Waals surface area contributed by atoms with E-state index in [1.165, 1.54) is 12.8 Å². The number of hydrogen-bond acceptors (Lipinski definition) is 6. The van der Waals surface area contributed by atoms with Crippen molar-refractivity contribution in [3.8, 4) is 0 Å². The monoisotopic (exact) mass is 350 g/mol. The molecule has 5 nitrogen and oxygen atoms in total. The van der Waals surface area contributed by atoms with Crippen molar-refractivity contribution in [3.05, 3.63) is 18.2 Å². The summed E-state index contributed by atoms with van der Waals surface area (Å²) in [7, 11) is 0. The van der Waals surface area contributed by atoms with Gasteiger partial charge in [0.15, 0.2) is 5.13 Å². The summed E-state index contributed by atoms with van der Waals surface area (Å²) in [6.07, 6.45) is 5.19. The first kappa shape index (κ1) is 16.5. The number of aromatic nitrogens is 1. The molecule has 3 rings (SSSR count). The van der Waals surface area contributed by atoms with Crippen LogP contribution in [0.1, 0.15) is 19.3 Å². The topological polar surface area (TPSA) is 71.2 Å². The van der Waals surface area contributed by atoms with Crippen LogP contribution in [0.25, 0.3) is 10.2 Å². The zero-order valence-corrected chi connectivity index (χ0v) is 14.9. The molecule has 1 unspecified atom stereocenters. The first-order valence-electron chi connectivity index (χ1n) is 7.88. The van der Waals surface area contributed by atoms with E-state index in [4.69, 9.17) is 10.7 Å². The highest BCUT2D eigenvalue weighted by atomic mass is 32.2. The number of nitrogens with two attached hydrogens (primary N) is 1. The summed E-state index contributed by atoms with van der Waals surface area (Å²) in [5, 5.41) is 3.99. The average molecular weight is 351 g/mol. The van der Waals surface area contributed by atoms with Crippen molar-refractivity contribution >= 4 is 50.0 Å². The highest BCUT2D eigenvalue weighted by Crippen LogP contribution is 2.32. The Morgan fingerprint density at radius 2 is 2.26 bits per heavy atom. The minimum absolute atomic E-state index is 0.123. The Labute approximate surface area is 144 Å². The van der Waals surface area contributed by atoms with Gasteiger partial charge in [0, 0.05) is 18.8 Å². The third-order valence-electron chi connectivity index (χ3n) is 3.99. The fourth-order valence-electron chi connectivity index (χ4n) is 2.64. The number of fused-ring (bicyclic) bond motifs is 1. The lowest BCUT2D eigenvalue weighted by Crippen LogP contribution is -2.36. The van der Waals surface area contributed by atoms with Crippen molar-refractivity contribution < 1.29 is 4.79 Å². The first-order chi connectivity index (χ1) is 11.2. The van der Waals surface area contributed by atoms with Crippen LogP contribution in [0.3, 0.4) is 0 Å². The average Bonchev–Trinajstić information content (AvgIpc) is 3.20. The lowest BCUT2D eigenvalue weighted by Gasteiger charge is -2.11. The van der Waals surface area contributed by atoms with Gasteiger partial charge in [-0.25, -0.2) is 4.98 Å². The molecular weight excluding hydrogens is 328 g/mol. The molecule has 23 heavy (non-hydrogen) atoms. The highest BCUT2D eigenvalue weighted by molar-refractivity contribution is 7.98. The summed E-state index contributed by atoms with van der Waals surface area (Å²) in [6.45, 7) is 2.18. The van der Waals surface area contributed by atoms with E-state index < -0.39 is 6.04 Å². The number of benzene rings is 1. The second kappa shape index (κ2) is 7.51. The van der Waals surface area contributed by atoms with Crippen LogP contribution in [0.15, 0.2) is 18.2 Å². The van der Waals surface area contributed by atoms with E-state index in [1.807, 2.05) is 24.5 Å². The van der Waals surface area contributed by atoms with Gasteiger partial charge in [0.25, 0.3) is 0 Å². The number of nitrogens with one attached hydrogen (secondary N) is 1. The molecule has 1 aromatic heterocycles. The predicted octanol–water partition coefficient (Wildman–Crippen LogP) is 2.92. The number of rotatable bonds is 6. The Bertz CT molecular complexity index is 682. The van der Waals surface area contributed by atoms with Crippen LogP contribution in [0.5, 0.6) is 0 Å². The quantitative estimate of drug-likeness (QED) is 0.838.